The Kier molecular flexibility index (Phi) is 4.16. The normalized spacial score (nSPS) is 10.2. The molecule has 0 saturated carbocycles. The highest BCUT2D eigenvalue weighted by Crippen LogP contribution is 2.23. The van der Waals surface area contributed by atoms with E-state index in [0.717, 1.165) is 0 Å². The van der Waals surface area contributed by atoms with E-state index in [4.69, 9.17) is 16.9 Å². The third-order valence-electron chi connectivity index (χ3n) is 2.64. The second-order valence-electron chi connectivity index (χ2n) is 4.02. The first kappa shape index (κ1) is 14.2. The second-order valence-corrected chi connectivity index (χ2v) is 4.42. The summed E-state index contributed by atoms with van der Waals surface area (Å²) in [4.78, 5) is 0. The minimum absolute atomic E-state index is 0.0456. The molecule has 0 aliphatic rings. The number of nitrogens with one attached hydrogen (secondary N) is 1. The number of anilines is 1. The van der Waals surface area contributed by atoms with Gasteiger partial charge in [0.1, 0.15) is 11.5 Å². The summed E-state index contributed by atoms with van der Waals surface area (Å²) in [6.07, 6.45) is 0. The van der Waals surface area contributed by atoms with Crippen LogP contribution in [0.15, 0.2) is 30.3 Å². The molecule has 2 rings (SSSR count). The summed E-state index contributed by atoms with van der Waals surface area (Å²) < 4.78 is 39.6. The Morgan fingerprint density at radius 3 is 2.30 bits per heavy atom. The SMILES string of the molecule is N#Cc1ccc(CNc2c(F)cc(F)cc2F)c(Cl)c1. The molecule has 0 amide bonds. The van der Waals surface area contributed by atoms with Crippen molar-refractivity contribution < 1.29 is 13.2 Å². The standard InChI is InChI=1S/C14H8ClF3N2/c15-11-3-8(6-19)1-2-9(11)7-20-14-12(17)4-10(16)5-13(14)18/h1-5,20H,7H2. The number of rotatable bonds is 3. The van der Waals surface area contributed by atoms with Crippen molar-refractivity contribution in [1.82, 2.24) is 0 Å². The van der Waals surface area contributed by atoms with E-state index in [0.29, 0.717) is 28.3 Å². The third-order valence-corrected chi connectivity index (χ3v) is 3.00. The molecular formula is C14H8ClF3N2. The molecule has 20 heavy (non-hydrogen) atoms. The molecule has 0 unspecified atom stereocenters. The maximum absolute atomic E-state index is 13.4. The van der Waals surface area contributed by atoms with Gasteiger partial charge in [0.05, 0.1) is 11.6 Å². The summed E-state index contributed by atoms with van der Waals surface area (Å²) in [7, 11) is 0. The second kappa shape index (κ2) is 5.85. The van der Waals surface area contributed by atoms with E-state index in [1.807, 2.05) is 6.07 Å². The highest BCUT2D eigenvalue weighted by molar-refractivity contribution is 6.31. The van der Waals surface area contributed by atoms with E-state index < -0.39 is 23.1 Å². The summed E-state index contributed by atoms with van der Waals surface area (Å²) in [5.74, 6) is -3.03. The van der Waals surface area contributed by atoms with Crippen LogP contribution in [-0.4, -0.2) is 0 Å². The van der Waals surface area contributed by atoms with Gasteiger partial charge in [-0.3, -0.25) is 0 Å². The topological polar surface area (TPSA) is 35.8 Å². The summed E-state index contributed by atoms with van der Waals surface area (Å²) >= 11 is 5.94. The van der Waals surface area contributed by atoms with Gasteiger partial charge in [0.15, 0.2) is 11.6 Å². The molecule has 2 nitrogen and oxygen atoms in total. The third kappa shape index (κ3) is 3.03. The highest BCUT2D eigenvalue weighted by atomic mass is 35.5. The zero-order valence-corrected chi connectivity index (χ0v) is 10.8. The summed E-state index contributed by atoms with van der Waals surface area (Å²) in [6, 6.07) is 7.68. The molecule has 102 valence electrons. The van der Waals surface area contributed by atoms with E-state index in [9.17, 15) is 13.2 Å². The Hall–Kier alpha value is -2.19. The highest BCUT2D eigenvalue weighted by Gasteiger charge is 2.11. The fourth-order valence-corrected chi connectivity index (χ4v) is 1.90. The number of hydrogen-bond donors (Lipinski definition) is 1. The molecule has 0 saturated heterocycles. The molecule has 0 aliphatic carbocycles. The predicted octanol–water partition coefficient (Wildman–Crippen LogP) is 4.24. The molecule has 1 N–H and O–H groups in total. The first-order valence-corrected chi connectivity index (χ1v) is 5.96. The Morgan fingerprint density at radius 1 is 1.10 bits per heavy atom. The van der Waals surface area contributed by atoms with E-state index in [-0.39, 0.29) is 6.54 Å². The molecule has 0 aromatic heterocycles. The molecule has 0 atom stereocenters. The van der Waals surface area contributed by atoms with Gasteiger partial charge in [-0.2, -0.15) is 5.26 Å². The molecule has 0 bridgehead atoms. The quantitative estimate of drug-likeness (QED) is 0.919. The zero-order valence-electron chi connectivity index (χ0n) is 10.1. The zero-order chi connectivity index (χ0) is 14.7. The Bertz CT molecular complexity index is 672. The van der Waals surface area contributed by atoms with Crippen molar-refractivity contribution in [2.24, 2.45) is 0 Å². The maximum atomic E-state index is 13.4. The van der Waals surface area contributed by atoms with E-state index in [2.05, 4.69) is 5.32 Å². The lowest BCUT2D eigenvalue weighted by Gasteiger charge is -2.10. The van der Waals surface area contributed by atoms with E-state index >= 15 is 0 Å². The van der Waals surface area contributed by atoms with Gasteiger partial charge < -0.3 is 5.32 Å². The van der Waals surface area contributed by atoms with Gasteiger partial charge >= 0.3 is 0 Å². The fraction of sp³-hybridized carbons (Fsp3) is 0.0714. The minimum atomic E-state index is -1.02. The molecule has 0 spiro atoms. The molecule has 2 aromatic carbocycles. The van der Waals surface area contributed by atoms with Gasteiger partial charge in [0.2, 0.25) is 0 Å². The van der Waals surface area contributed by atoms with Crippen molar-refractivity contribution in [2.45, 2.75) is 6.54 Å². The van der Waals surface area contributed by atoms with Gasteiger partial charge in [-0.15, -0.1) is 0 Å². The van der Waals surface area contributed by atoms with E-state index in [1.54, 1.807) is 12.1 Å². The van der Waals surface area contributed by atoms with Crippen LogP contribution in [0.2, 0.25) is 5.02 Å². The average Bonchev–Trinajstić information content (AvgIpc) is 2.39. The molecular weight excluding hydrogens is 289 g/mol. The van der Waals surface area contributed by atoms with Gasteiger partial charge in [-0.25, -0.2) is 13.2 Å². The van der Waals surface area contributed by atoms with Crippen molar-refractivity contribution in [3.63, 3.8) is 0 Å². The molecule has 2 aromatic rings. The largest absolute Gasteiger partial charge is 0.376 e. The number of nitriles is 1. The van der Waals surface area contributed by atoms with Crippen molar-refractivity contribution in [3.8, 4) is 6.07 Å². The summed E-state index contributed by atoms with van der Waals surface area (Å²) in [6.45, 7) is 0.0456. The lowest BCUT2D eigenvalue weighted by atomic mass is 10.1. The molecule has 6 heteroatoms. The Morgan fingerprint density at radius 2 is 1.75 bits per heavy atom. The van der Waals surface area contributed by atoms with Crippen molar-refractivity contribution >= 4 is 17.3 Å². The lowest BCUT2D eigenvalue weighted by molar-refractivity contribution is 0.547. The minimum Gasteiger partial charge on any atom is -0.376 e. The Labute approximate surface area is 118 Å². The van der Waals surface area contributed by atoms with Crippen LogP contribution < -0.4 is 5.32 Å². The summed E-state index contributed by atoms with van der Waals surface area (Å²) in [5.41, 5.74) is 0.526. The smallest absolute Gasteiger partial charge is 0.152 e. The number of benzene rings is 2. The molecule has 0 radical (unpaired) electrons. The van der Waals surface area contributed by atoms with Gasteiger partial charge in [0.25, 0.3) is 0 Å². The number of hydrogen-bond acceptors (Lipinski definition) is 2. The number of halogens is 4. The van der Waals surface area contributed by atoms with Crippen molar-refractivity contribution in [3.05, 3.63) is 63.9 Å². The molecule has 0 heterocycles. The van der Waals surface area contributed by atoms with Crippen LogP contribution in [0.25, 0.3) is 0 Å². The first-order chi connectivity index (χ1) is 9.51. The van der Waals surface area contributed by atoms with E-state index in [1.165, 1.54) is 6.07 Å². The van der Waals surface area contributed by atoms with Crippen molar-refractivity contribution in [2.75, 3.05) is 5.32 Å². The monoisotopic (exact) mass is 296 g/mol. The molecule has 0 aliphatic heterocycles. The van der Waals surface area contributed by atoms with Gasteiger partial charge in [-0.1, -0.05) is 17.7 Å². The number of nitrogens with zero attached hydrogens (tertiary/aromatic N) is 1. The van der Waals surface area contributed by atoms with Gasteiger partial charge in [0, 0.05) is 23.7 Å². The van der Waals surface area contributed by atoms with Gasteiger partial charge in [-0.05, 0) is 17.7 Å². The van der Waals surface area contributed by atoms with Crippen LogP contribution in [-0.2, 0) is 6.54 Å². The predicted molar refractivity (Wildman–Crippen MR) is 69.8 cm³/mol. The average molecular weight is 297 g/mol. The van der Waals surface area contributed by atoms with Crippen LogP contribution in [0.1, 0.15) is 11.1 Å². The van der Waals surface area contributed by atoms with Crippen LogP contribution in [0.3, 0.4) is 0 Å². The molecule has 0 fully saturated rings. The van der Waals surface area contributed by atoms with Crippen molar-refractivity contribution in [1.29, 1.82) is 5.26 Å². The lowest BCUT2D eigenvalue weighted by Crippen LogP contribution is -2.05. The van der Waals surface area contributed by atoms with Crippen LogP contribution >= 0.6 is 11.6 Å². The Balaban J connectivity index is 2.20. The van der Waals surface area contributed by atoms with Crippen LogP contribution in [0.4, 0.5) is 18.9 Å². The first-order valence-electron chi connectivity index (χ1n) is 5.58. The fourth-order valence-electron chi connectivity index (χ4n) is 1.65. The van der Waals surface area contributed by atoms with Crippen LogP contribution in [0, 0.1) is 28.8 Å². The van der Waals surface area contributed by atoms with Crippen LogP contribution in [0.5, 0.6) is 0 Å². The summed E-state index contributed by atoms with van der Waals surface area (Å²) in [5, 5.41) is 11.5. The maximum Gasteiger partial charge on any atom is 0.152 e.